The third-order valence-electron chi connectivity index (χ3n) is 2.60. The van der Waals surface area contributed by atoms with E-state index in [4.69, 9.17) is 5.73 Å². The van der Waals surface area contributed by atoms with Gasteiger partial charge in [-0.1, -0.05) is 19.4 Å². The molecule has 0 bridgehead atoms. The van der Waals surface area contributed by atoms with E-state index in [-0.39, 0.29) is 0 Å². The van der Waals surface area contributed by atoms with Crippen molar-refractivity contribution in [3.05, 3.63) is 23.3 Å². The smallest absolute Gasteiger partial charge is 0.116 e. The van der Waals surface area contributed by atoms with Gasteiger partial charge >= 0.3 is 0 Å². The molecule has 0 radical (unpaired) electrons. The highest BCUT2D eigenvalue weighted by Gasteiger charge is 2.09. The van der Waals surface area contributed by atoms with Crippen LogP contribution in [0.2, 0.25) is 0 Å². The van der Waals surface area contributed by atoms with Gasteiger partial charge in [-0.25, -0.2) is 0 Å². The molecule has 0 aliphatic heterocycles. The summed E-state index contributed by atoms with van der Waals surface area (Å²) in [4.78, 5) is 0. The van der Waals surface area contributed by atoms with Crippen molar-refractivity contribution >= 4 is 11.0 Å². The molecular weight excluding hydrogens is 188 g/mol. The summed E-state index contributed by atoms with van der Waals surface area (Å²) < 4.78 is 0. The van der Waals surface area contributed by atoms with Crippen molar-refractivity contribution in [3.8, 4) is 0 Å². The lowest BCUT2D eigenvalue weighted by Crippen LogP contribution is -2.06. The zero-order valence-corrected chi connectivity index (χ0v) is 8.95. The van der Waals surface area contributed by atoms with E-state index in [2.05, 4.69) is 28.4 Å². The third-order valence-corrected chi connectivity index (χ3v) is 2.60. The number of hydrogen-bond acceptors (Lipinski definition) is 3. The number of H-pyrrole nitrogens is 1. The number of rotatable bonds is 4. The second kappa shape index (κ2) is 4.40. The van der Waals surface area contributed by atoms with Gasteiger partial charge in [0.1, 0.15) is 11.0 Å². The fourth-order valence-corrected chi connectivity index (χ4v) is 1.94. The monoisotopic (exact) mass is 204 g/mol. The fraction of sp³-hybridized carbons (Fsp3) is 0.455. The normalized spacial score (nSPS) is 11.1. The highest BCUT2D eigenvalue weighted by molar-refractivity contribution is 5.78. The minimum absolute atomic E-state index is 0.655. The van der Waals surface area contributed by atoms with Crippen molar-refractivity contribution in [1.82, 2.24) is 15.4 Å². The third kappa shape index (κ3) is 1.85. The molecule has 2 aromatic rings. The van der Waals surface area contributed by atoms with E-state index in [1.54, 1.807) is 0 Å². The Kier molecular flexibility index (Phi) is 2.97. The van der Waals surface area contributed by atoms with Gasteiger partial charge in [-0.15, -0.1) is 0 Å². The summed E-state index contributed by atoms with van der Waals surface area (Å²) in [7, 11) is 0. The topological polar surface area (TPSA) is 67.6 Å². The maximum atomic E-state index is 5.63. The molecule has 15 heavy (non-hydrogen) atoms. The maximum absolute atomic E-state index is 5.63. The molecule has 0 saturated carbocycles. The minimum atomic E-state index is 0.655. The van der Waals surface area contributed by atoms with Crippen molar-refractivity contribution in [3.63, 3.8) is 0 Å². The van der Waals surface area contributed by atoms with Gasteiger partial charge in [-0.3, -0.25) is 0 Å². The van der Waals surface area contributed by atoms with Gasteiger partial charge in [0, 0.05) is 0 Å². The van der Waals surface area contributed by atoms with Gasteiger partial charge in [0.05, 0.1) is 0 Å². The first kappa shape index (κ1) is 10.1. The Labute approximate surface area is 88.9 Å². The van der Waals surface area contributed by atoms with Crippen LogP contribution in [-0.4, -0.2) is 22.0 Å². The van der Waals surface area contributed by atoms with Crippen LogP contribution in [0.15, 0.2) is 12.1 Å². The SMILES string of the molecule is CCCc1ccc2n[nH]nc2c1CCN. The number of fused-ring (bicyclic) bond motifs is 1. The van der Waals surface area contributed by atoms with E-state index in [1.807, 2.05) is 6.07 Å². The Morgan fingerprint density at radius 2 is 2.13 bits per heavy atom. The zero-order chi connectivity index (χ0) is 10.7. The van der Waals surface area contributed by atoms with Crippen molar-refractivity contribution in [2.24, 2.45) is 5.73 Å². The molecule has 1 heterocycles. The van der Waals surface area contributed by atoms with Crippen molar-refractivity contribution < 1.29 is 0 Å². The lowest BCUT2D eigenvalue weighted by molar-refractivity contribution is 0.881. The summed E-state index contributed by atoms with van der Waals surface area (Å²) in [6, 6.07) is 4.16. The van der Waals surface area contributed by atoms with Gasteiger partial charge in [0.2, 0.25) is 0 Å². The molecule has 0 aliphatic rings. The quantitative estimate of drug-likeness (QED) is 0.791. The number of benzene rings is 1. The van der Waals surface area contributed by atoms with E-state index >= 15 is 0 Å². The van der Waals surface area contributed by atoms with Crippen LogP contribution in [0.5, 0.6) is 0 Å². The fourth-order valence-electron chi connectivity index (χ4n) is 1.94. The molecule has 2 rings (SSSR count). The van der Waals surface area contributed by atoms with Crippen molar-refractivity contribution in [2.45, 2.75) is 26.2 Å². The van der Waals surface area contributed by atoms with E-state index in [1.165, 1.54) is 11.1 Å². The van der Waals surface area contributed by atoms with Crippen LogP contribution >= 0.6 is 0 Å². The standard InChI is InChI=1S/C11H16N4/c1-2-3-8-4-5-10-11(14-15-13-10)9(8)6-7-12/h4-5H,2-3,6-7,12H2,1H3,(H,13,14,15). The molecule has 80 valence electrons. The van der Waals surface area contributed by atoms with Crippen molar-refractivity contribution in [1.29, 1.82) is 0 Å². The molecule has 0 atom stereocenters. The van der Waals surface area contributed by atoms with Gasteiger partial charge in [-0.2, -0.15) is 15.4 Å². The van der Waals surface area contributed by atoms with E-state index in [9.17, 15) is 0 Å². The number of nitrogens with one attached hydrogen (secondary N) is 1. The summed E-state index contributed by atoms with van der Waals surface area (Å²) in [5.41, 5.74) is 10.1. The number of aromatic amines is 1. The van der Waals surface area contributed by atoms with E-state index in [0.29, 0.717) is 6.54 Å². The maximum Gasteiger partial charge on any atom is 0.116 e. The second-order valence-electron chi connectivity index (χ2n) is 3.68. The predicted octanol–water partition coefficient (Wildman–Crippen LogP) is 1.41. The molecule has 4 nitrogen and oxygen atoms in total. The zero-order valence-electron chi connectivity index (χ0n) is 8.95. The molecule has 0 amide bonds. The average molecular weight is 204 g/mol. The number of aromatic nitrogens is 3. The molecule has 1 aromatic heterocycles. The highest BCUT2D eigenvalue weighted by Crippen LogP contribution is 2.20. The summed E-state index contributed by atoms with van der Waals surface area (Å²) in [6.45, 7) is 2.84. The van der Waals surface area contributed by atoms with Crippen LogP contribution in [0, 0.1) is 0 Å². The summed E-state index contributed by atoms with van der Waals surface area (Å²) >= 11 is 0. The first-order chi connectivity index (χ1) is 7.36. The second-order valence-corrected chi connectivity index (χ2v) is 3.68. The lowest BCUT2D eigenvalue weighted by Gasteiger charge is -2.07. The summed E-state index contributed by atoms with van der Waals surface area (Å²) in [5, 5.41) is 10.9. The Hall–Kier alpha value is -1.42. The van der Waals surface area contributed by atoms with E-state index in [0.717, 1.165) is 30.3 Å². The molecule has 0 fully saturated rings. The molecule has 0 unspecified atom stereocenters. The van der Waals surface area contributed by atoms with Crippen LogP contribution in [-0.2, 0) is 12.8 Å². The highest BCUT2D eigenvalue weighted by atomic mass is 15.3. The Morgan fingerprint density at radius 3 is 2.87 bits per heavy atom. The van der Waals surface area contributed by atoms with Crippen LogP contribution in [0.1, 0.15) is 24.5 Å². The first-order valence-electron chi connectivity index (χ1n) is 5.38. The predicted molar refractivity (Wildman–Crippen MR) is 60.6 cm³/mol. The number of nitrogens with zero attached hydrogens (tertiary/aromatic N) is 2. The van der Waals surface area contributed by atoms with Crippen LogP contribution < -0.4 is 5.73 Å². The van der Waals surface area contributed by atoms with Gasteiger partial charge in [0.15, 0.2) is 0 Å². The molecule has 0 aliphatic carbocycles. The molecule has 1 aromatic carbocycles. The number of nitrogens with two attached hydrogens (primary N) is 1. The Balaban J connectivity index is 2.53. The van der Waals surface area contributed by atoms with Crippen molar-refractivity contribution in [2.75, 3.05) is 6.54 Å². The Bertz CT molecular complexity index is 447. The minimum Gasteiger partial charge on any atom is -0.330 e. The first-order valence-corrected chi connectivity index (χ1v) is 5.38. The van der Waals surface area contributed by atoms with Gasteiger partial charge in [-0.05, 0) is 36.6 Å². The number of aryl methyl sites for hydroxylation is 1. The largest absolute Gasteiger partial charge is 0.330 e. The van der Waals surface area contributed by atoms with E-state index < -0.39 is 0 Å². The lowest BCUT2D eigenvalue weighted by atomic mass is 9.99. The van der Waals surface area contributed by atoms with Crippen LogP contribution in [0.25, 0.3) is 11.0 Å². The summed E-state index contributed by atoms with van der Waals surface area (Å²) in [6.07, 6.45) is 3.10. The molecule has 0 saturated heterocycles. The van der Waals surface area contributed by atoms with Gasteiger partial charge < -0.3 is 5.73 Å². The van der Waals surface area contributed by atoms with Gasteiger partial charge in [0.25, 0.3) is 0 Å². The summed E-state index contributed by atoms with van der Waals surface area (Å²) in [5.74, 6) is 0. The average Bonchev–Trinajstić information content (AvgIpc) is 2.70. The van der Waals surface area contributed by atoms with Crippen LogP contribution in [0.3, 0.4) is 0 Å². The molecule has 0 spiro atoms. The van der Waals surface area contributed by atoms with Crippen LogP contribution in [0.4, 0.5) is 0 Å². The molecule has 3 N–H and O–H groups in total. The molecule has 4 heteroatoms. The molecular formula is C11H16N4. The Morgan fingerprint density at radius 1 is 1.27 bits per heavy atom. The number of hydrogen-bond donors (Lipinski definition) is 2.